The van der Waals surface area contributed by atoms with Gasteiger partial charge in [-0.05, 0) is 57.3 Å². The number of likely N-dealkylation sites (tertiary alicyclic amines) is 1. The van der Waals surface area contributed by atoms with E-state index >= 15 is 0 Å². The van der Waals surface area contributed by atoms with Crippen LogP contribution < -0.4 is 10.2 Å². The van der Waals surface area contributed by atoms with E-state index in [2.05, 4.69) is 45.4 Å². The Balaban J connectivity index is 1.39. The summed E-state index contributed by atoms with van der Waals surface area (Å²) in [6.45, 7) is 6.34. The summed E-state index contributed by atoms with van der Waals surface area (Å²) in [5.41, 5.74) is 1.44. The van der Waals surface area contributed by atoms with Crippen molar-refractivity contribution in [1.82, 2.24) is 10.2 Å². The Morgan fingerprint density at radius 3 is 2.45 bits per heavy atom. The second-order valence-corrected chi connectivity index (χ2v) is 7.29. The summed E-state index contributed by atoms with van der Waals surface area (Å²) in [6.07, 6.45) is 6.85. The minimum Gasteiger partial charge on any atom is -0.368 e. The van der Waals surface area contributed by atoms with Crippen LogP contribution in [0.4, 0.5) is 5.69 Å². The fourth-order valence-electron chi connectivity index (χ4n) is 4.65. The highest BCUT2D eigenvalue weighted by atomic mass is 15.3. The van der Waals surface area contributed by atoms with Gasteiger partial charge in [-0.3, -0.25) is 4.90 Å². The molecule has 0 bridgehead atoms. The molecule has 0 aliphatic carbocycles. The molecule has 0 aromatic heterocycles. The third-order valence-electron chi connectivity index (χ3n) is 5.94. The van der Waals surface area contributed by atoms with Crippen LogP contribution in [0.5, 0.6) is 0 Å². The van der Waals surface area contributed by atoms with Crippen molar-refractivity contribution in [1.29, 1.82) is 0 Å². The van der Waals surface area contributed by atoms with E-state index in [1.807, 2.05) is 0 Å². The molecule has 120 valence electrons. The van der Waals surface area contributed by atoms with Gasteiger partial charge in [-0.15, -0.1) is 0 Å². The van der Waals surface area contributed by atoms with E-state index in [0.29, 0.717) is 0 Å². The maximum Gasteiger partial charge on any atom is 0.0368 e. The third kappa shape index (κ3) is 2.89. The lowest BCUT2D eigenvalue weighted by atomic mass is 9.83. The Bertz CT molecular complexity index is 463. The zero-order valence-corrected chi connectivity index (χ0v) is 13.6. The van der Waals surface area contributed by atoms with Gasteiger partial charge < -0.3 is 10.2 Å². The number of nitrogens with zero attached hydrogens (tertiary/aromatic N) is 2. The van der Waals surface area contributed by atoms with E-state index in [4.69, 9.17) is 0 Å². The van der Waals surface area contributed by atoms with Gasteiger partial charge >= 0.3 is 0 Å². The topological polar surface area (TPSA) is 18.5 Å². The summed E-state index contributed by atoms with van der Waals surface area (Å²) in [4.78, 5) is 5.46. The molecule has 1 N–H and O–H groups in total. The summed E-state index contributed by atoms with van der Waals surface area (Å²) in [5.74, 6) is 0.885. The first-order chi connectivity index (χ1) is 10.9. The second-order valence-electron chi connectivity index (χ2n) is 7.29. The minimum atomic E-state index is 0.772. The fourth-order valence-corrected chi connectivity index (χ4v) is 4.65. The maximum atomic E-state index is 3.49. The van der Waals surface area contributed by atoms with Crippen LogP contribution in [0.15, 0.2) is 30.3 Å². The molecular formula is C19H29N3. The summed E-state index contributed by atoms with van der Waals surface area (Å²) in [7, 11) is 0. The molecule has 0 amide bonds. The summed E-state index contributed by atoms with van der Waals surface area (Å²) in [6, 6.07) is 12.7. The zero-order chi connectivity index (χ0) is 14.8. The quantitative estimate of drug-likeness (QED) is 0.926. The van der Waals surface area contributed by atoms with Crippen molar-refractivity contribution in [3.05, 3.63) is 30.3 Å². The average Bonchev–Trinajstić information content (AvgIpc) is 2.56. The standard InChI is InChI=1S/C19H29N3/c1-2-6-18(7-3-1)22-13-5-4-8-19(22)16-14-21(15-16)17-9-11-20-12-10-17/h1-3,6-7,16-17,19-20H,4-5,8-15H2. The van der Waals surface area contributed by atoms with Crippen LogP contribution in [0.25, 0.3) is 0 Å². The van der Waals surface area contributed by atoms with Crippen molar-refractivity contribution < 1.29 is 0 Å². The molecule has 1 atom stereocenters. The van der Waals surface area contributed by atoms with Gasteiger partial charge in [0, 0.05) is 43.3 Å². The number of hydrogen-bond acceptors (Lipinski definition) is 3. The summed E-state index contributed by atoms with van der Waals surface area (Å²) < 4.78 is 0. The lowest BCUT2D eigenvalue weighted by Gasteiger charge is -2.52. The van der Waals surface area contributed by atoms with Crippen molar-refractivity contribution in [3.63, 3.8) is 0 Å². The first-order valence-electron chi connectivity index (χ1n) is 9.18. The lowest BCUT2D eigenvalue weighted by Crippen LogP contribution is -2.61. The monoisotopic (exact) mass is 299 g/mol. The number of hydrogen-bond donors (Lipinski definition) is 1. The Morgan fingerprint density at radius 2 is 1.68 bits per heavy atom. The molecule has 0 spiro atoms. The van der Waals surface area contributed by atoms with Crippen molar-refractivity contribution in [2.75, 3.05) is 37.6 Å². The Kier molecular flexibility index (Phi) is 4.35. The number of nitrogens with one attached hydrogen (secondary N) is 1. The molecule has 3 aliphatic heterocycles. The molecule has 3 nitrogen and oxygen atoms in total. The van der Waals surface area contributed by atoms with Gasteiger partial charge in [0.1, 0.15) is 0 Å². The van der Waals surface area contributed by atoms with Crippen molar-refractivity contribution in [2.24, 2.45) is 5.92 Å². The number of benzene rings is 1. The van der Waals surface area contributed by atoms with Crippen LogP contribution in [0.1, 0.15) is 32.1 Å². The summed E-state index contributed by atoms with van der Waals surface area (Å²) in [5, 5.41) is 3.49. The Labute approximate surface area is 134 Å². The molecule has 3 heteroatoms. The molecule has 1 aromatic carbocycles. The normalized spacial score (nSPS) is 28.5. The lowest BCUT2D eigenvalue weighted by molar-refractivity contribution is 0.0205. The molecule has 3 heterocycles. The fraction of sp³-hybridized carbons (Fsp3) is 0.684. The minimum absolute atomic E-state index is 0.772. The van der Waals surface area contributed by atoms with Crippen LogP contribution in [-0.2, 0) is 0 Å². The predicted octanol–water partition coefficient (Wildman–Crippen LogP) is 2.73. The average molecular weight is 299 g/mol. The molecule has 1 unspecified atom stereocenters. The van der Waals surface area contributed by atoms with Gasteiger partial charge in [-0.2, -0.15) is 0 Å². The van der Waals surface area contributed by atoms with Crippen LogP contribution in [0.3, 0.4) is 0 Å². The maximum absolute atomic E-state index is 3.49. The Hall–Kier alpha value is -1.06. The molecule has 1 aromatic rings. The van der Waals surface area contributed by atoms with Crippen molar-refractivity contribution in [2.45, 2.75) is 44.2 Å². The van der Waals surface area contributed by atoms with Gasteiger partial charge in [-0.25, -0.2) is 0 Å². The van der Waals surface area contributed by atoms with Crippen LogP contribution in [-0.4, -0.2) is 49.7 Å². The summed E-state index contributed by atoms with van der Waals surface area (Å²) >= 11 is 0. The molecule has 0 radical (unpaired) electrons. The van der Waals surface area contributed by atoms with Gasteiger partial charge in [0.25, 0.3) is 0 Å². The molecule has 4 rings (SSSR count). The second kappa shape index (κ2) is 6.59. The van der Waals surface area contributed by atoms with Crippen LogP contribution in [0.2, 0.25) is 0 Å². The number of piperidine rings is 2. The van der Waals surface area contributed by atoms with E-state index in [9.17, 15) is 0 Å². The number of rotatable bonds is 3. The van der Waals surface area contributed by atoms with Gasteiger partial charge in [0.2, 0.25) is 0 Å². The van der Waals surface area contributed by atoms with Crippen molar-refractivity contribution >= 4 is 5.69 Å². The predicted molar refractivity (Wildman–Crippen MR) is 92.4 cm³/mol. The van der Waals surface area contributed by atoms with E-state index in [0.717, 1.165) is 18.0 Å². The molecule has 0 saturated carbocycles. The first-order valence-corrected chi connectivity index (χ1v) is 9.18. The molecule has 3 fully saturated rings. The first kappa shape index (κ1) is 14.5. The smallest absolute Gasteiger partial charge is 0.0368 e. The van der Waals surface area contributed by atoms with Crippen LogP contribution >= 0.6 is 0 Å². The zero-order valence-electron chi connectivity index (χ0n) is 13.6. The SMILES string of the molecule is c1ccc(N2CCCCC2C2CN(C3CCNCC3)C2)cc1. The van der Waals surface area contributed by atoms with Gasteiger partial charge in [0.05, 0.1) is 0 Å². The van der Waals surface area contributed by atoms with E-state index in [-0.39, 0.29) is 0 Å². The highest BCUT2D eigenvalue weighted by Crippen LogP contribution is 2.34. The third-order valence-corrected chi connectivity index (χ3v) is 5.94. The highest BCUT2D eigenvalue weighted by molar-refractivity contribution is 5.47. The van der Waals surface area contributed by atoms with E-state index in [1.54, 1.807) is 0 Å². The van der Waals surface area contributed by atoms with Gasteiger partial charge in [-0.1, -0.05) is 18.2 Å². The number of para-hydroxylation sites is 1. The molecular weight excluding hydrogens is 270 g/mol. The van der Waals surface area contributed by atoms with Gasteiger partial charge in [0.15, 0.2) is 0 Å². The van der Waals surface area contributed by atoms with E-state index in [1.165, 1.54) is 70.5 Å². The van der Waals surface area contributed by atoms with Crippen LogP contribution in [0, 0.1) is 5.92 Å². The van der Waals surface area contributed by atoms with Crippen molar-refractivity contribution in [3.8, 4) is 0 Å². The largest absolute Gasteiger partial charge is 0.368 e. The number of anilines is 1. The Morgan fingerprint density at radius 1 is 0.909 bits per heavy atom. The molecule has 22 heavy (non-hydrogen) atoms. The highest BCUT2D eigenvalue weighted by Gasteiger charge is 2.40. The molecule has 3 saturated heterocycles. The molecule has 3 aliphatic rings. The van der Waals surface area contributed by atoms with E-state index < -0.39 is 0 Å².